The Hall–Kier alpha value is -3.29. The van der Waals surface area contributed by atoms with Gasteiger partial charge in [0.2, 0.25) is 5.91 Å². The lowest BCUT2D eigenvalue weighted by molar-refractivity contribution is -0.123. The maximum Gasteiger partial charge on any atom is 0.234 e. The summed E-state index contributed by atoms with van der Waals surface area (Å²) in [4.78, 5) is 23.4. The van der Waals surface area contributed by atoms with Crippen molar-refractivity contribution in [3.8, 4) is 16.9 Å². The van der Waals surface area contributed by atoms with Crippen LogP contribution in [0.15, 0.2) is 61.2 Å². The second kappa shape index (κ2) is 12.8. The normalized spacial score (nSPS) is 17.7. The SMILES string of the molecule is O=C(CN1CCOCCOc2ccc(-c3cncnc3)cc2Cc2cccc(c2)C1)NC1CCCCC1. The molecule has 1 amide bonds. The molecule has 5 rings (SSSR count). The molecule has 7 nitrogen and oxygen atoms in total. The Morgan fingerprint density at radius 3 is 2.65 bits per heavy atom. The second-order valence-corrected chi connectivity index (χ2v) is 10.0. The topological polar surface area (TPSA) is 76.6 Å². The lowest BCUT2D eigenvalue weighted by Gasteiger charge is -2.26. The van der Waals surface area contributed by atoms with Crippen LogP contribution in [0.25, 0.3) is 11.1 Å². The summed E-state index contributed by atoms with van der Waals surface area (Å²) in [6.07, 6.45) is 11.8. The summed E-state index contributed by atoms with van der Waals surface area (Å²) in [6.45, 7) is 3.32. The van der Waals surface area contributed by atoms with Crippen LogP contribution in [0.5, 0.6) is 5.75 Å². The Balaban J connectivity index is 1.33. The van der Waals surface area contributed by atoms with Crippen LogP contribution in [-0.4, -0.2) is 59.7 Å². The number of nitrogens with zero attached hydrogens (tertiary/aromatic N) is 3. The fourth-order valence-corrected chi connectivity index (χ4v) is 5.25. The summed E-state index contributed by atoms with van der Waals surface area (Å²) in [5.74, 6) is 0.978. The van der Waals surface area contributed by atoms with Gasteiger partial charge in [-0.3, -0.25) is 9.69 Å². The van der Waals surface area contributed by atoms with Crippen molar-refractivity contribution in [2.75, 3.05) is 32.9 Å². The number of nitrogens with one attached hydrogen (secondary N) is 1. The van der Waals surface area contributed by atoms with Crippen molar-refractivity contribution in [3.05, 3.63) is 77.9 Å². The van der Waals surface area contributed by atoms with Crippen molar-refractivity contribution in [2.24, 2.45) is 0 Å². The van der Waals surface area contributed by atoms with Gasteiger partial charge in [0.1, 0.15) is 18.7 Å². The molecule has 2 aromatic carbocycles. The van der Waals surface area contributed by atoms with Crippen molar-refractivity contribution in [1.29, 1.82) is 0 Å². The van der Waals surface area contributed by atoms with Gasteiger partial charge in [0.15, 0.2) is 0 Å². The Bertz CT molecular complexity index is 1160. The molecule has 1 N–H and O–H groups in total. The smallest absolute Gasteiger partial charge is 0.234 e. The van der Waals surface area contributed by atoms with Gasteiger partial charge in [0.05, 0.1) is 19.8 Å². The number of benzene rings is 2. The first-order chi connectivity index (χ1) is 18.2. The molecule has 1 aliphatic heterocycles. The monoisotopic (exact) mass is 500 g/mol. The van der Waals surface area contributed by atoms with Crippen molar-refractivity contribution < 1.29 is 14.3 Å². The fraction of sp³-hybridized carbons (Fsp3) is 0.433. The van der Waals surface area contributed by atoms with Crippen LogP contribution in [0, 0.1) is 0 Å². The molecule has 0 spiro atoms. The van der Waals surface area contributed by atoms with Gasteiger partial charge in [-0.2, -0.15) is 0 Å². The molecule has 3 aromatic rings. The highest BCUT2D eigenvalue weighted by molar-refractivity contribution is 5.78. The maximum atomic E-state index is 12.8. The van der Waals surface area contributed by atoms with Gasteiger partial charge in [-0.25, -0.2) is 9.97 Å². The molecule has 1 aliphatic carbocycles. The average Bonchev–Trinajstić information content (AvgIpc) is 2.92. The van der Waals surface area contributed by atoms with E-state index in [1.165, 1.54) is 30.4 Å². The van der Waals surface area contributed by atoms with E-state index in [9.17, 15) is 4.79 Å². The zero-order chi connectivity index (χ0) is 25.3. The van der Waals surface area contributed by atoms with Crippen LogP contribution in [0.4, 0.5) is 0 Å². The van der Waals surface area contributed by atoms with Crippen LogP contribution in [-0.2, 0) is 22.5 Å². The number of rotatable bonds is 4. The Morgan fingerprint density at radius 2 is 1.78 bits per heavy atom. The Kier molecular flexibility index (Phi) is 8.77. The van der Waals surface area contributed by atoms with E-state index in [0.717, 1.165) is 41.7 Å². The molecule has 194 valence electrons. The number of fused-ring (bicyclic) bond motifs is 3. The van der Waals surface area contributed by atoms with E-state index in [4.69, 9.17) is 9.47 Å². The molecule has 1 aromatic heterocycles. The van der Waals surface area contributed by atoms with Crippen molar-refractivity contribution >= 4 is 5.91 Å². The van der Waals surface area contributed by atoms with Crippen molar-refractivity contribution in [3.63, 3.8) is 0 Å². The average molecular weight is 501 g/mol. The molecule has 0 unspecified atom stereocenters. The third kappa shape index (κ3) is 7.37. The largest absolute Gasteiger partial charge is 0.491 e. The number of amides is 1. The molecule has 2 bridgehead atoms. The van der Waals surface area contributed by atoms with Gasteiger partial charge >= 0.3 is 0 Å². The summed E-state index contributed by atoms with van der Waals surface area (Å²) >= 11 is 0. The highest BCUT2D eigenvalue weighted by Gasteiger charge is 2.18. The first-order valence-electron chi connectivity index (χ1n) is 13.4. The highest BCUT2D eigenvalue weighted by atomic mass is 16.5. The molecule has 7 heteroatoms. The van der Waals surface area contributed by atoms with Gasteiger partial charge < -0.3 is 14.8 Å². The maximum absolute atomic E-state index is 12.8. The molecular formula is C30H36N4O3. The molecule has 2 heterocycles. The van der Waals surface area contributed by atoms with Crippen LogP contribution in [0.1, 0.15) is 48.8 Å². The lowest BCUT2D eigenvalue weighted by Crippen LogP contribution is -2.43. The zero-order valence-corrected chi connectivity index (χ0v) is 21.4. The predicted octanol–water partition coefficient (Wildman–Crippen LogP) is 4.39. The van der Waals surface area contributed by atoms with E-state index in [2.05, 4.69) is 50.5 Å². The summed E-state index contributed by atoms with van der Waals surface area (Å²) in [6, 6.07) is 15.2. The number of carbonyl (C=O) groups excluding carboxylic acids is 1. The number of hydrogen-bond donors (Lipinski definition) is 1. The third-order valence-corrected chi connectivity index (χ3v) is 7.12. The van der Waals surface area contributed by atoms with Gasteiger partial charge in [-0.1, -0.05) is 49.6 Å². The molecule has 0 saturated heterocycles. The van der Waals surface area contributed by atoms with E-state index in [1.54, 1.807) is 6.33 Å². The third-order valence-electron chi connectivity index (χ3n) is 7.12. The molecule has 1 fully saturated rings. The van der Waals surface area contributed by atoms with Crippen molar-refractivity contribution in [1.82, 2.24) is 20.2 Å². The first kappa shape index (κ1) is 25.4. The minimum absolute atomic E-state index is 0.110. The standard InChI is InChI=1S/C30H36N4O3/c35-30(33-28-7-2-1-3-8-28)21-34-11-12-36-13-14-37-29-10-9-25(27-18-31-22-32-19-27)17-26(29)16-23-5-4-6-24(15-23)20-34/h4-6,9-10,15,17-19,22,28H,1-3,7-8,11-14,16,20-21H2,(H,33,35). The molecule has 1 saturated carbocycles. The Morgan fingerprint density at radius 1 is 0.946 bits per heavy atom. The second-order valence-electron chi connectivity index (χ2n) is 10.0. The van der Waals surface area contributed by atoms with Gasteiger partial charge in [-0.15, -0.1) is 0 Å². The fourth-order valence-electron chi connectivity index (χ4n) is 5.25. The number of ether oxygens (including phenoxy) is 2. The van der Waals surface area contributed by atoms with E-state index < -0.39 is 0 Å². The molecule has 2 aliphatic rings. The van der Waals surface area contributed by atoms with Crippen molar-refractivity contribution in [2.45, 2.75) is 51.1 Å². The highest BCUT2D eigenvalue weighted by Crippen LogP contribution is 2.28. The van der Waals surface area contributed by atoms with Gasteiger partial charge in [-0.05, 0) is 47.2 Å². The summed E-state index contributed by atoms with van der Waals surface area (Å²) in [5.41, 5.74) is 5.55. The number of hydrogen-bond acceptors (Lipinski definition) is 6. The number of aromatic nitrogens is 2. The number of carbonyl (C=O) groups is 1. The van der Waals surface area contributed by atoms with Crippen LogP contribution in [0.3, 0.4) is 0 Å². The van der Waals surface area contributed by atoms with Crippen LogP contribution in [0.2, 0.25) is 0 Å². The summed E-state index contributed by atoms with van der Waals surface area (Å²) < 4.78 is 12.0. The van der Waals surface area contributed by atoms with E-state index in [-0.39, 0.29) is 5.91 Å². The molecule has 0 radical (unpaired) electrons. The quantitative estimate of drug-likeness (QED) is 0.573. The molecule has 0 atom stereocenters. The summed E-state index contributed by atoms with van der Waals surface area (Å²) in [5, 5.41) is 3.26. The lowest BCUT2D eigenvalue weighted by atomic mass is 9.95. The minimum Gasteiger partial charge on any atom is -0.491 e. The first-order valence-corrected chi connectivity index (χ1v) is 13.4. The van der Waals surface area contributed by atoms with E-state index in [1.807, 2.05) is 24.5 Å². The van der Waals surface area contributed by atoms with Gasteiger partial charge in [0, 0.05) is 43.5 Å². The Labute approximate surface area is 219 Å². The summed E-state index contributed by atoms with van der Waals surface area (Å²) in [7, 11) is 0. The van der Waals surface area contributed by atoms with Crippen LogP contribution < -0.4 is 10.1 Å². The zero-order valence-electron chi connectivity index (χ0n) is 21.4. The molecule has 37 heavy (non-hydrogen) atoms. The molecular weight excluding hydrogens is 464 g/mol. The van der Waals surface area contributed by atoms with E-state index >= 15 is 0 Å². The minimum atomic E-state index is 0.110. The van der Waals surface area contributed by atoms with Crippen LogP contribution >= 0.6 is 0 Å². The van der Waals surface area contributed by atoms with E-state index in [0.29, 0.717) is 45.5 Å². The van der Waals surface area contributed by atoms with Gasteiger partial charge in [0.25, 0.3) is 0 Å². The predicted molar refractivity (Wildman–Crippen MR) is 143 cm³/mol.